The van der Waals surface area contributed by atoms with E-state index in [0.29, 0.717) is 32.2 Å². The van der Waals surface area contributed by atoms with Crippen LogP contribution < -0.4 is 5.32 Å². The fraction of sp³-hybridized carbons (Fsp3) is 0.133. The Labute approximate surface area is 146 Å². The Morgan fingerprint density at radius 2 is 2.04 bits per heavy atom. The molecule has 5 nitrogen and oxygen atoms in total. The lowest BCUT2D eigenvalue weighted by atomic mass is 10.3. The molecular formula is C15H11Cl2N3O2S. The van der Waals surface area contributed by atoms with Gasteiger partial charge in [-0.25, -0.2) is 9.97 Å². The van der Waals surface area contributed by atoms with Crippen LogP contribution in [0.3, 0.4) is 0 Å². The van der Waals surface area contributed by atoms with Gasteiger partial charge in [0.25, 0.3) is 5.22 Å². The molecular weight excluding hydrogens is 357 g/mol. The molecule has 1 unspecified atom stereocenters. The Kier molecular flexibility index (Phi) is 4.75. The van der Waals surface area contributed by atoms with Crippen LogP contribution in [0.25, 0.3) is 11.1 Å². The minimum absolute atomic E-state index is 0.204. The van der Waals surface area contributed by atoms with Crippen LogP contribution in [0.5, 0.6) is 0 Å². The number of nitrogens with zero attached hydrogens (tertiary/aromatic N) is 2. The van der Waals surface area contributed by atoms with E-state index in [1.54, 1.807) is 37.3 Å². The molecule has 1 amide bonds. The van der Waals surface area contributed by atoms with Crippen LogP contribution in [-0.4, -0.2) is 21.1 Å². The van der Waals surface area contributed by atoms with Gasteiger partial charge in [-0.15, -0.1) is 0 Å². The van der Waals surface area contributed by atoms with Crippen molar-refractivity contribution in [1.82, 2.24) is 9.97 Å². The molecule has 2 aromatic heterocycles. The molecule has 1 atom stereocenters. The topological polar surface area (TPSA) is 68.0 Å². The van der Waals surface area contributed by atoms with E-state index in [-0.39, 0.29) is 5.91 Å². The Morgan fingerprint density at radius 1 is 1.26 bits per heavy atom. The van der Waals surface area contributed by atoms with Gasteiger partial charge in [-0.2, -0.15) is 0 Å². The van der Waals surface area contributed by atoms with Crippen molar-refractivity contribution in [3.8, 4) is 0 Å². The first kappa shape index (κ1) is 16.1. The number of pyridine rings is 1. The first-order valence-electron chi connectivity index (χ1n) is 6.66. The average molecular weight is 368 g/mol. The summed E-state index contributed by atoms with van der Waals surface area (Å²) < 4.78 is 5.59. The maximum absolute atomic E-state index is 12.2. The van der Waals surface area contributed by atoms with Gasteiger partial charge in [0.15, 0.2) is 5.58 Å². The predicted molar refractivity (Wildman–Crippen MR) is 92.2 cm³/mol. The summed E-state index contributed by atoms with van der Waals surface area (Å²) in [6.45, 7) is 1.76. The summed E-state index contributed by atoms with van der Waals surface area (Å²) in [6.07, 6.45) is 1.47. The highest BCUT2D eigenvalue weighted by Crippen LogP contribution is 2.28. The summed E-state index contributed by atoms with van der Waals surface area (Å²) in [5.41, 5.74) is 1.29. The zero-order valence-electron chi connectivity index (χ0n) is 11.9. The van der Waals surface area contributed by atoms with Crippen LogP contribution in [0.15, 0.2) is 46.2 Å². The minimum atomic E-state index is -0.406. The number of fused-ring (bicyclic) bond motifs is 1. The van der Waals surface area contributed by atoms with Gasteiger partial charge in [0, 0.05) is 11.2 Å². The normalized spacial score (nSPS) is 12.3. The monoisotopic (exact) mass is 367 g/mol. The number of rotatable bonds is 4. The van der Waals surface area contributed by atoms with Crippen molar-refractivity contribution in [2.75, 3.05) is 5.32 Å². The van der Waals surface area contributed by atoms with E-state index in [9.17, 15) is 4.79 Å². The number of carbonyl (C=O) groups excluding carboxylic acids is 1. The van der Waals surface area contributed by atoms with Gasteiger partial charge in [-0.1, -0.05) is 35.0 Å². The average Bonchev–Trinajstić information content (AvgIpc) is 2.90. The number of oxazole rings is 1. The smallest absolute Gasteiger partial charge is 0.257 e. The number of amides is 1. The highest BCUT2D eigenvalue weighted by molar-refractivity contribution is 8.00. The summed E-state index contributed by atoms with van der Waals surface area (Å²) in [6, 6.07) is 8.49. The number of anilines is 1. The molecule has 118 valence electrons. The van der Waals surface area contributed by atoms with Crippen molar-refractivity contribution in [1.29, 1.82) is 0 Å². The van der Waals surface area contributed by atoms with Crippen LogP contribution in [0.4, 0.5) is 5.82 Å². The largest absolute Gasteiger partial charge is 0.431 e. The molecule has 0 radical (unpaired) electrons. The molecule has 3 rings (SSSR count). The SMILES string of the molecule is CC(Sc1nc2cc(Cl)ccc2o1)C(=O)Nc1ccc(Cl)cn1. The standard InChI is InChI=1S/C15H11Cl2N3O2S/c1-8(14(21)20-13-5-3-10(17)7-18-13)23-15-19-11-6-9(16)2-4-12(11)22-15/h2-8H,1H3,(H,18,20,21). The number of thioether (sulfide) groups is 1. The van der Waals surface area contributed by atoms with Crippen molar-refractivity contribution < 1.29 is 9.21 Å². The minimum Gasteiger partial charge on any atom is -0.431 e. The molecule has 0 fully saturated rings. The van der Waals surface area contributed by atoms with E-state index in [1.807, 2.05) is 0 Å². The number of halogens is 2. The van der Waals surface area contributed by atoms with Crippen molar-refractivity contribution in [2.24, 2.45) is 0 Å². The van der Waals surface area contributed by atoms with Crippen molar-refractivity contribution in [3.05, 3.63) is 46.6 Å². The van der Waals surface area contributed by atoms with Crippen LogP contribution in [0.1, 0.15) is 6.92 Å². The lowest BCUT2D eigenvalue weighted by Gasteiger charge is -2.09. The van der Waals surface area contributed by atoms with Gasteiger partial charge < -0.3 is 9.73 Å². The summed E-state index contributed by atoms with van der Waals surface area (Å²) in [4.78, 5) is 20.5. The maximum Gasteiger partial charge on any atom is 0.257 e. The van der Waals surface area contributed by atoms with Gasteiger partial charge in [0.1, 0.15) is 11.3 Å². The van der Waals surface area contributed by atoms with Crippen LogP contribution in [0, 0.1) is 0 Å². The van der Waals surface area contributed by atoms with Gasteiger partial charge in [-0.3, -0.25) is 4.79 Å². The van der Waals surface area contributed by atoms with E-state index in [4.69, 9.17) is 27.6 Å². The summed E-state index contributed by atoms with van der Waals surface area (Å²) in [5.74, 6) is 0.237. The van der Waals surface area contributed by atoms with Crippen molar-refractivity contribution in [3.63, 3.8) is 0 Å². The predicted octanol–water partition coefficient (Wildman–Crippen LogP) is 4.65. The Hall–Kier alpha value is -1.76. The van der Waals surface area contributed by atoms with Crippen LogP contribution in [-0.2, 0) is 4.79 Å². The molecule has 0 saturated carbocycles. The second-order valence-electron chi connectivity index (χ2n) is 4.70. The molecule has 1 N–H and O–H groups in total. The van der Waals surface area contributed by atoms with Gasteiger partial charge in [0.2, 0.25) is 5.91 Å². The van der Waals surface area contributed by atoms with Crippen LogP contribution in [0.2, 0.25) is 10.0 Å². The highest BCUT2D eigenvalue weighted by Gasteiger charge is 2.18. The molecule has 0 bridgehead atoms. The number of hydrogen-bond acceptors (Lipinski definition) is 5. The Morgan fingerprint density at radius 3 is 2.78 bits per heavy atom. The third-order valence-electron chi connectivity index (χ3n) is 2.96. The molecule has 0 aliphatic carbocycles. The summed E-state index contributed by atoms with van der Waals surface area (Å²) in [5, 5.41) is 3.81. The van der Waals surface area contributed by atoms with Gasteiger partial charge in [-0.05, 0) is 37.3 Å². The number of hydrogen-bond donors (Lipinski definition) is 1. The maximum atomic E-state index is 12.2. The molecule has 0 spiro atoms. The number of nitrogens with one attached hydrogen (secondary N) is 1. The molecule has 0 saturated heterocycles. The first-order valence-corrected chi connectivity index (χ1v) is 8.30. The van der Waals surface area contributed by atoms with E-state index in [0.717, 1.165) is 0 Å². The summed E-state index contributed by atoms with van der Waals surface area (Å²) in [7, 11) is 0. The van der Waals surface area contributed by atoms with E-state index in [1.165, 1.54) is 18.0 Å². The number of aromatic nitrogens is 2. The molecule has 0 aliphatic heterocycles. The van der Waals surface area contributed by atoms with E-state index >= 15 is 0 Å². The lowest BCUT2D eigenvalue weighted by Crippen LogP contribution is -2.22. The zero-order valence-corrected chi connectivity index (χ0v) is 14.2. The van der Waals surface area contributed by atoms with Crippen LogP contribution >= 0.6 is 35.0 Å². The third kappa shape index (κ3) is 3.96. The lowest BCUT2D eigenvalue weighted by molar-refractivity contribution is -0.115. The number of carbonyl (C=O) groups is 1. The number of benzene rings is 1. The summed E-state index contributed by atoms with van der Waals surface area (Å²) >= 11 is 12.9. The molecule has 0 aliphatic rings. The van der Waals surface area contributed by atoms with Crippen molar-refractivity contribution >= 4 is 57.8 Å². The molecule has 3 aromatic rings. The molecule has 2 heterocycles. The second kappa shape index (κ2) is 6.78. The van der Waals surface area contributed by atoms with E-state index < -0.39 is 5.25 Å². The van der Waals surface area contributed by atoms with Crippen molar-refractivity contribution in [2.45, 2.75) is 17.4 Å². The van der Waals surface area contributed by atoms with E-state index in [2.05, 4.69) is 15.3 Å². The first-order chi connectivity index (χ1) is 11.0. The zero-order chi connectivity index (χ0) is 16.4. The Bertz CT molecular complexity index is 852. The third-order valence-corrected chi connectivity index (χ3v) is 4.36. The fourth-order valence-corrected chi connectivity index (χ4v) is 2.85. The molecule has 8 heteroatoms. The Balaban J connectivity index is 1.68. The molecule has 1 aromatic carbocycles. The quantitative estimate of drug-likeness (QED) is 0.679. The molecule has 23 heavy (non-hydrogen) atoms. The highest BCUT2D eigenvalue weighted by atomic mass is 35.5. The van der Waals surface area contributed by atoms with Gasteiger partial charge in [0.05, 0.1) is 10.3 Å². The second-order valence-corrected chi connectivity index (χ2v) is 6.87. The van der Waals surface area contributed by atoms with Gasteiger partial charge >= 0.3 is 0 Å². The fourth-order valence-electron chi connectivity index (χ4n) is 1.81.